The summed E-state index contributed by atoms with van der Waals surface area (Å²) in [6.07, 6.45) is 0.852. The van der Waals surface area contributed by atoms with E-state index in [9.17, 15) is 9.59 Å². The summed E-state index contributed by atoms with van der Waals surface area (Å²) < 4.78 is 11.3. The Balaban J connectivity index is 1.73. The quantitative estimate of drug-likeness (QED) is 0.550. The molecular weight excluding hydrogens is 374 g/mol. The van der Waals surface area contributed by atoms with E-state index in [0.717, 1.165) is 15.2 Å². The van der Waals surface area contributed by atoms with Crippen LogP contribution in [0, 0.1) is 0 Å². The van der Waals surface area contributed by atoms with E-state index in [2.05, 4.69) is 21.2 Å². The molecule has 2 aromatic rings. The minimum absolute atomic E-state index is 0.0541. The molecule has 0 aliphatic rings. The lowest BCUT2D eigenvalue weighted by atomic mass is 10.1. The van der Waals surface area contributed by atoms with Gasteiger partial charge in [-0.05, 0) is 48.4 Å². The standard InChI is InChI=1S/C18H20BrNO4/c1-2-23-18(22)4-3-9-20-17(21)12-24-16-8-6-13-10-15(19)7-5-14(13)11-16/h5-8,10-11H,2-4,9,12H2,1H3,(H,20,21). The molecule has 2 aromatic carbocycles. The van der Waals surface area contributed by atoms with Crippen LogP contribution in [0.5, 0.6) is 5.75 Å². The van der Waals surface area contributed by atoms with Crippen molar-refractivity contribution in [3.8, 4) is 5.75 Å². The molecule has 0 aliphatic carbocycles. The molecule has 2 rings (SSSR count). The van der Waals surface area contributed by atoms with Gasteiger partial charge in [-0.15, -0.1) is 0 Å². The molecular formula is C18H20BrNO4. The molecule has 0 radical (unpaired) electrons. The van der Waals surface area contributed by atoms with Gasteiger partial charge in [0.1, 0.15) is 5.75 Å². The van der Waals surface area contributed by atoms with E-state index >= 15 is 0 Å². The zero-order valence-corrected chi connectivity index (χ0v) is 15.1. The molecule has 6 heteroatoms. The number of halogens is 1. The summed E-state index contributed by atoms with van der Waals surface area (Å²) in [4.78, 5) is 22.9. The highest BCUT2D eigenvalue weighted by molar-refractivity contribution is 9.10. The molecule has 0 saturated carbocycles. The SMILES string of the molecule is CCOC(=O)CCCNC(=O)COc1ccc2cc(Br)ccc2c1. The van der Waals surface area contributed by atoms with Crippen LogP contribution in [0.15, 0.2) is 40.9 Å². The van der Waals surface area contributed by atoms with Crippen LogP contribution in [0.25, 0.3) is 10.8 Å². The number of hydrogen-bond donors (Lipinski definition) is 1. The topological polar surface area (TPSA) is 64.6 Å². The van der Waals surface area contributed by atoms with Gasteiger partial charge in [-0.25, -0.2) is 0 Å². The molecule has 0 unspecified atom stereocenters. The van der Waals surface area contributed by atoms with Crippen LogP contribution < -0.4 is 10.1 Å². The van der Waals surface area contributed by atoms with E-state index in [1.807, 2.05) is 36.4 Å². The number of rotatable bonds is 8. The van der Waals surface area contributed by atoms with Gasteiger partial charge in [0.2, 0.25) is 0 Å². The van der Waals surface area contributed by atoms with Crippen LogP contribution in [0.2, 0.25) is 0 Å². The average Bonchev–Trinajstić information content (AvgIpc) is 2.57. The maximum absolute atomic E-state index is 11.7. The second-order valence-corrected chi connectivity index (χ2v) is 6.12. The highest BCUT2D eigenvalue weighted by Crippen LogP contribution is 2.24. The number of ether oxygens (including phenoxy) is 2. The first-order chi connectivity index (χ1) is 11.6. The lowest BCUT2D eigenvalue weighted by molar-refractivity contribution is -0.143. The third kappa shape index (κ3) is 5.85. The lowest BCUT2D eigenvalue weighted by Gasteiger charge is -2.08. The Morgan fingerprint density at radius 2 is 1.88 bits per heavy atom. The van der Waals surface area contributed by atoms with Crippen molar-refractivity contribution in [3.05, 3.63) is 40.9 Å². The smallest absolute Gasteiger partial charge is 0.305 e. The van der Waals surface area contributed by atoms with Gasteiger partial charge >= 0.3 is 5.97 Å². The Kier molecular flexibility index (Phi) is 7.06. The lowest BCUT2D eigenvalue weighted by Crippen LogP contribution is -2.30. The monoisotopic (exact) mass is 393 g/mol. The first kappa shape index (κ1) is 18.3. The third-order valence-corrected chi connectivity index (χ3v) is 3.82. The predicted molar refractivity (Wildman–Crippen MR) is 96.0 cm³/mol. The Hall–Kier alpha value is -2.08. The van der Waals surface area contributed by atoms with Crippen molar-refractivity contribution in [2.24, 2.45) is 0 Å². The largest absolute Gasteiger partial charge is 0.484 e. The molecule has 24 heavy (non-hydrogen) atoms. The summed E-state index contributed by atoms with van der Waals surface area (Å²) in [6, 6.07) is 11.7. The van der Waals surface area contributed by atoms with E-state index < -0.39 is 0 Å². The molecule has 1 amide bonds. The average molecular weight is 394 g/mol. The molecule has 5 nitrogen and oxygen atoms in total. The van der Waals surface area contributed by atoms with Gasteiger partial charge in [0, 0.05) is 17.4 Å². The number of fused-ring (bicyclic) bond motifs is 1. The molecule has 0 saturated heterocycles. The molecule has 1 N–H and O–H groups in total. The number of benzene rings is 2. The van der Waals surface area contributed by atoms with Gasteiger partial charge in [-0.1, -0.05) is 28.1 Å². The fourth-order valence-electron chi connectivity index (χ4n) is 2.18. The number of hydrogen-bond acceptors (Lipinski definition) is 4. The van der Waals surface area contributed by atoms with E-state index in [0.29, 0.717) is 31.7 Å². The summed E-state index contributed by atoms with van der Waals surface area (Å²) in [5.41, 5.74) is 0. The zero-order chi connectivity index (χ0) is 17.4. The van der Waals surface area contributed by atoms with Crippen molar-refractivity contribution in [3.63, 3.8) is 0 Å². The molecule has 0 heterocycles. The highest BCUT2D eigenvalue weighted by Gasteiger charge is 2.05. The van der Waals surface area contributed by atoms with Gasteiger partial charge in [-0.2, -0.15) is 0 Å². The number of esters is 1. The normalized spacial score (nSPS) is 10.4. The number of carbonyl (C=O) groups excluding carboxylic acids is 2. The van der Waals surface area contributed by atoms with Crippen molar-refractivity contribution >= 4 is 38.6 Å². The van der Waals surface area contributed by atoms with Crippen LogP contribution in [-0.4, -0.2) is 31.6 Å². The van der Waals surface area contributed by atoms with Crippen LogP contribution in [0.4, 0.5) is 0 Å². The van der Waals surface area contributed by atoms with Crippen molar-refractivity contribution in [2.45, 2.75) is 19.8 Å². The Bertz CT molecular complexity index is 717. The Morgan fingerprint density at radius 3 is 2.67 bits per heavy atom. The van der Waals surface area contributed by atoms with Crippen molar-refractivity contribution in [2.75, 3.05) is 19.8 Å². The first-order valence-corrected chi connectivity index (χ1v) is 8.62. The van der Waals surface area contributed by atoms with Crippen LogP contribution >= 0.6 is 15.9 Å². The van der Waals surface area contributed by atoms with Crippen molar-refractivity contribution < 1.29 is 19.1 Å². The Labute approximate surface area is 149 Å². The molecule has 128 valence electrons. The third-order valence-electron chi connectivity index (χ3n) is 3.33. The van der Waals surface area contributed by atoms with E-state index in [4.69, 9.17) is 9.47 Å². The van der Waals surface area contributed by atoms with Gasteiger partial charge in [-0.3, -0.25) is 9.59 Å². The molecule has 0 aromatic heterocycles. The predicted octanol–water partition coefficient (Wildman–Crippen LogP) is 3.44. The second kappa shape index (κ2) is 9.27. The summed E-state index contributed by atoms with van der Waals surface area (Å²) in [5.74, 6) is 0.187. The molecule has 0 fully saturated rings. The fraction of sp³-hybridized carbons (Fsp3) is 0.333. The number of nitrogens with one attached hydrogen (secondary N) is 1. The number of amides is 1. The van der Waals surface area contributed by atoms with E-state index in [1.54, 1.807) is 6.92 Å². The van der Waals surface area contributed by atoms with Gasteiger partial charge in [0.25, 0.3) is 5.91 Å². The van der Waals surface area contributed by atoms with Crippen LogP contribution in [0.1, 0.15) is 19.8 Å². The molecule has 0 bridgehead atoms. The first-order valence-electron chi connectivity index (χ1n) is 7.83. The summed E-state index contributed by atoms with van der Waals surface area (Å²) in [7, 11) is 0. The van der Waals surface area contributed by atoms with Crippen molar-refractivity contribution in [1.29, 1.82) is 0 Å². The zero-order valence-electron chi connectivity index (χ0n) is 13.5. The minimum Gasteiger partial charge on any atom is -0.484 e. The summed E-state index contributed by atoms with van der Waals surface area (Å²) in [6.45, 7) is 2.51. The highest BCUT2D eigenvalue weighted by atomic mass is 79.9. The van der Waals surface area contributed by atoms with Gasteiger partial charge < -0.3 is 14.8 Å². The summed E-state index contributed by atoms with van der Waals surface area (Å²) >= 11 is 3.44. The minimum atomic E-state index is -0.245. The fourth-order valence-corrected chi connectivity index (χ4v) is 2.56. The molecule has 0 atom stereocenters. The summed E-state index contributed by atoms with van der Waals surface area (Å²) in [5, 5.41) is 4.86. The van der Waals surface area contributed by atoms with Crippen LogP contribution in [-0.2, 0) is 14.3 Å². The molecule has 0 aliphatic heterocycles. The number of carbonyl (C=O) groups is 2. The maximum Gasteiger partial charge on any atom is 0.305 e. The van der Waals surface area contributed by atoms with Gasteiger partial charge in [0.15, 0.2) is 6.61 Å². The van der Waals surface area contributed by atoms with Gasteiger partial charge in [0.05, 0.1) is 6.61 Å². The second-order valence-electron chi connectivity index (χ2n) is 5.20. The van der Waals surface area contributed by atoms with E-state index in [-0.39, 0.29) is 18.5 Å². The Morgan fingerprint density at radius 1 is 1.12 bits per heavy atom. The maximum atomic E-state index is 11.7. The van der Waals surface area contributed by atoms with Crippen LogP contribution in [0.3, 0.4) is 0 Å². The molecule has 0 spiro atoms. The van der Waals surface area contributed by atoms with E-state index in [1.165, 1.54) is 0 Å². The van der Waals surface area contributed by atoms with Crippen molar-refractivity contribution in [1.82, 2.24) is 5.32 Å².